The van der Waals surface area contributed by atoms with Gasteiger partial charge in [-0.25, -0.2) is 8.78 Å². The molecule has 1 aromatic carbocycles. The molecule has 0 fully saturated rings. The zero-order chi connectivity index (χ0) is 15.3. The molecule has 20 heavy (non-hydrogen) atoms. The molecule has 0 saturated heterocycles. The summed E-state index contributed by atoms with van der Waals surface area (Å²) in [6.45, 7) is 0.0662. The lowest BCUT2D eigenvalue weighted by atomic mass is 10.3. The van der Waals surface area contributed by atoms with E-state index in [0.717, 1.165) is 12.1 Å². The molecule has 7 heteroatoms. The first-order valence-electron chi connectivity index (χ1n) is 5.93. The third-order valence-corrected chi connectivity index (χ3v) is 2.52. The van der Waals surface area contributed by atoms with Crippen LogP contribution in [0.1, 0.15) is 0 Å². The molecule has 0 atom stereocenters. The van der Waals surface area contributed by atoms with Gasteiger partial charge in [0.15, 0.2) is 11.6 Å². The molecule has 0 unspecified atom stereocenters. The number of amides is 2. The lowest BCUT2D eigenvalue weighted by Gasteiger charge is -2.18. The second-order valence-corrected chi connectivity index (χ2v) is 4.64. The minimum Gasteiger partial charge on any atom is -0.348 e. The van der Waals surface area contributed by atoms with Gasteiger partial charge in [0.1, 0.15) is 0 Å². The normalized spacial score (nSPS) is 10.5. The number of carbonyl (C=O) groups excluding carboxylic acids is 2. The summed E-state index contributed by atoms with van der Waals surface area (Å²) in [5.41, 5.74) is 0.168. The van der Waals surface area contributed by atoms with Gasteiger partial charge in [-0.15, -0.1) is 0 Å². The van der Waals surface area contributed by atoms with Crippen molar-refractivity contribution < 1.29 is 18.4 Å². The van der Waals surface area contributed by atoms with Gasteiger partial charge in [0.25, 0.3) is 0 Å². The lowest BCUT2D eigenvalue weighted by Crippen LogP contribution is -2.38. The van der Waals surface area contributed by atoms with Crippen LogP contribution >= 0.6 is 0 Å². The van der Waals surface area contributed by atoms with Crippen molar-refractivity contribution in [1.29, 1.82) is 0 Å². The van der Waals surface area contributed by atoms with E-state index in [9.17, 15) is 18.4 Å². The Hall–Kier alpha value is -2.02. The Bertz CT molecular complexity index is 506. The molecular weight excluding hydrogens is 268 g/mol. The molecule has 0 spiro atoms. The van der Waals surface area contributed by atoms with E-state index in [-0.39, 0.29) is 24.7 Å². The van der Waals surface area contributed by atoms with Crippen molar-refractivity contribution in [1.82, 2.24) is 9.80 Å². The quantitative estimate of drug-likeness (QED) is 0.875. The lowest BCUT2D eigenvalue weighted by molar-refractivity contribution is -0.130. The maximum Gasteiger partial charge on any atom is 0.238 e. The fraction of sp³-hybridized carbons (Fsp3) is 0.385. The van der Waals surface area contributed by atoms with Crippen molar-refractivity contribution in [2.24, 2.45) is 0 Å². The monoisotopic (exact) mass is 285 g/mol. The Kier molecular flexibility index (Phi) is 5.57. The first-order valence-corrected chi connectivity index (χ1v) is 5.93. The molecule has 0 aliphatic rings. The first kappa shape index (κ1) is 16.0. The van der Waals surface area contributed by atoms with Crippen molar-refractivity contribution in [3.05, 3.63) is 29.8 Å². The number of anilines is 1. The number of carbonyl (C=O) groups is 2. The van der Waals surface area contributed by atoms with E-state index in [1.165, 1.54) is 15.9 Å². The van der Waals surface area contributed by atoms with Crippen LogP contribution in [0.15, 0.2) is 18.2 Å². The molecule has 0 aliphatic heterocycles. The van der Waals surface area contributed by atoms with Crippen molar-refractivity contribution >= 4 is 17.5 Å². The fourth-order valence-electron chi connectivity index (χ4n) is 1.45. The number of likely N-dealkylation sites (N-methyl/N-ethyl adjacent to an activating group) is 2. The molecule has 0 aromatic heterocycles. The summed E-state index contributed by atoms with van der Waals surface area (Å²) in [6, 6.07) is 3.10. The van der Waals surface area contributed by atoms with E-state index < -0.39 is 17.5 Å². The third-order valence-electron chi connectivity index (χ3n) is 2.52. The van der Waals surface area contributed by atoms with Crippen LogP contribution in [0.5, 0.6) is 0 Å². The van der Waals surface area contributed by atoms with Crippen LogP contribution in [-0.4, -0.2) is 55.8 Å². The maximum absolute atomic E-state index is 13.0. The highest BCUT2D eigenvalue weighted by molar-refractivity contribution is 5.92. The summed E-state index contributed by atoms with van der Waals surface area (Å²) >= 11 is 0. The number of nitrogens with zero attached hydrogens (tertiary/aromatic N) is 2. The number of hydrogen-bond acceptors (Lipinski definition) is 3. The molecule has 1 rings (SSSR count). The van der Waals surface area contributed by atoms with Crippen LogP contribution in [0.2, 0.25) is 0 Å². The molecule has 1 aromatic rings. The molecule has 1 N–H and O–H groups in total. The SMILES string of the molecule is CN(CC(=O)Nc1ccc(F)c(F)c1)CC(=O)N(C)C. The van der Waals surface area contributed by atoms with E-state index >= 15 is 0 Å². The van der Waals surface area contributed by atoms with Crippen LogP contribution in [0.25, 0.3) is 0 Å². The van der Waals surface area contributed by atoms with Gasteiger partial charge in [0, 0.05) is 25.8 Å². The number of rotatable bonds is 5. The van der Waals surface area contributed by atoms with Crippen LogP contribution < -0.4 is 5.32 Å². The van der Waals surface area contributed by atoms with Crippen molar-refractivity contribution in [3.8, 4) is 0 Å². The van der Waals surface area contributed by atoms with Crippen molar-refractivity contribution in [2.75, 3.05) is 39.5 Å². The van der Waals surface area contributed by atoms with E-state index in [1.54, 1.807) is 21.1 Å². The summed E-state index contributed by atoms with van der Waals surface area (Å²) in [6.07, 6.45) is 0. The predicted octanol–water partition coefficient (Wildman–Crippen LogP) is 0.923. The zero-order valence-corrected chi connectivity index (χ0v) is 11.6. The average Bonchev–Trinajstić information content (AvgIpc) is 2.33. The van der Waals surface area contributed by atoms with Gasteiger partial charge < -0.3 is 10.2 Å². The van der Waals surface area contributed by atoms with E-state index in [0.29, 0.717) is 0 Å². The van der Waals surface area contributed by atoms with E-state index in [1.807, 2.05) is 0 Å². The molecule has 0 saturated carbocycles. The molecule has 0 radical (unpaired) electrons. The highest BCUT2D eigenvalue weighted by atomic mass is 19.2. The average molecular weight is 285 g/mol. The first-order chi connectivity index (χ1) is 9.29. The van der Waals surface area contributed by atoms with Gasteiger partial charge in [0.05, 0.1) is 13.1 Å². The molecule has 110 valence electrons. The summed E-state index contributed by atoms with van der Waals surface area (Å²) < 4.78 is 25.7. The maximum atomic E-state index is 13.0. The van der Waals surface area contributed by atoms with Gasteiger partial charge in [-0.1, -0.05) is 0 Å². The van der Waals surface area contributed by atoms with Gasteiger partial charge >= 0.3 is 0 Å². The summed E-state index contributed by atoms with van der Waals surface area (Å²) in [7, 11) is 4.86. The van der Waals surface area contributed by atoms with Gasteiger partial charge in [-0.05, 0) is 19.2 Å². The summed E-state index contributed by atoms with van der Waals surface area (Å²) in [5, 5.41) is 2.43. The van der Waals surface area contributed by atoms with Crippen molar-refractivity contribution in [3.63, 3.8) is 0 Å². The van der Waals surface area contributed by atoms with Gasteiger partial charge in [-0.3, -0.25) is 14.5 Å². The van der Waals surface area contributed by atoms with Gasteiger partial charge in [-0.2, -0.15) is 0 Å². The van der Waals surface area contributed by atoms with Crippen LogP contribution in [0, 0.1) is 11.6 Å². The molecular formula is C13H17F2N3O2. The Balaban J connectivity index is 2.50. The third kappa shape index (κ3) is 4.93. The smallest absolute Gasteiger partial charge is 0.238 e. The predicted molar refractivity (Wildman–Crippen MR) is 71.2 cm³/mol. The van der Waals surface area contributed by atoms with E-state index in [4.69, 9.17) is 0 Å². The van der Waals surface area contributed by atoms with Gasteiger partial charge in [0.2, 0.25) is 11.8 Å². The highest BCUT2D eigenvalue weighted by Gasteiger charge is 2.12. The number of hydrogen-bond donors (Lipinski definition) is 1. The second-order valence-electron chi connectivity index (χ2n) is 4.64. The van der Waals surface area contributed by atoms with Crippen LogP contribution in [-0.2, 0) is 9.59 Å². The zero-order valence-electron chi connectivity index (χ0n) is 11.6. The number of halogens is 2. The number of benzene rings is 1. The molecule has 0 heterocycles. The van der Waals surface area contributed by atoms with Crippen molar-refractivity contribution in [2.45, 2.75) is 0 Å². The standard InChI is InChI=1S/C13H17F2N3O2/c1-17(2)13(20)8-18(3)7-12(19)16-9-4-5-10(14)11(15)6-9/h4-6H,7-8H2,1-3H3,(H,16,19). The van der Waals surface area contributed by atoms with Crippen LogP contribution in [0.3, 0.4) is 0 Å². The Morgan fingerprint density at radius 3 is 2.30 bits per heavy atom. The Morgan fingerprint density at radius 1 is 1.10 bits per heavy atom. The molecule has 0 bridgehead atoms. The number of nitrogens with one attached hydrogen (secondary N) is 1. The Labute approximate surface area is 116 Å². The molecule has 2 amide bonds. The molecule has 5 nitrogen and oxygen atoms in total. The minimum atomic E-state index is -1.03. The summed E-state index contributed by atoms with van der Waals surface area (Å²) in [4.78, 5) is 26.1. The fourth-order valence-corrected chi connectivity index (χ4v) is 1.45. The van der Waals surface area contributed by atoms with E-state index in [2.05, 4.69) is 5.32 Å². The minimum absolute atomic E-state index is 0.0292. The molecule has 0 aliphatic carbocycles. The largest absolute Gasteiger partial charge is 0.348 e. The Morgan fingerprint density at radius 2 is 1.75 bits per heavy atom. The second kappa shape index (κ2) is 6.95. The van der Waals surface area contributed by atoms with Crippen LogP contribution in [0.4, 0.5) is 14.5 Å². The topological polar surface area (TPSA) is 52.7 Å². The summed E-state index contributed by atoms with van der Waals surface area (Å²) in [5.74, 6) is -2.55. The highest BCUT2D eigenvalue weighted by Crippen LogP contribution is 2.12.